The highest BCUT2D eigenvalue weighted by Crippen LogP contribution is 2.27. The van der Waals surface area contributed by atoms with Crippen LogP contribution in [0.2, 0.25) is 0 Å². The summed E-state index contributed by atoms with van der Waals surface area (Å²) in [6.07, 6.45) is 8.43. The summed E-state index contributed by atoms with van der Waals surface area (Å²) in [7, 11) is 0. The Hall–Kier alpha value is -0.120. The summed E-state index contributed by atoms with van der Waals surface area (Å²) in [5.74, 6) is 6.40. The van der Waals surface area contributed by atoms with E-state index in [1.54, 1.807) is 0 Å². The lowest BCUT2D eigenvalue weighted by molar-refractivity contribution is 0.0544. The lowest BCUT2D eigenvalue weighted by Gasteiger charge is -2.26. The average Bonchev–Trinajstić information content (AvgIpc) is 2.25. The molecule has 1 aliphatic carbocycles. The van der Waals surface area contributed by atoms with E-state index in [-0.39, 0.29) is 0 Å². The molecule has 1 fully saturated rings. The standard InChI is InChI=1S/C12H26N2O/c1-10(2)15-9-12(14-13)8-11-6-4-3-5-7-11/h10-12,14H,3-9,13H2,1-2H3. The van der Waals surface area contributed by atoms with Crippen molar-refractivity contribution in [2.45, 2.75) is 64.5 Å². The summed E-state index contributed by atoms with van der Waals surface area (Å²) in [4.78, 5) is 0. The van der Waals surface area contributed by atoms with Crippen LogP contribution in [0.25, 0.3) is 0 Å². The fraction of sp³-hybridized carbons (Fsp3) is 1.00. The van der Waals surface area contributed by atoms with Crippen molar-refractivity contribution in [2.24, 2.45) is 11.8 Å². The van der Waals surface area contributed by atoms with E-state index in [4.69, 9.17) is 10.6 Å². The molecule has 3 heteroatoms. The maximum atomic E-state index is 5.59. The van der Waals surface area contributed by atoms with Crippen molar-refractivity contribution in [3.8, 4) is 0 Å². The van der Waals surface area contributed by atoms with Crippen LogP contribution in [-0.2, 0) is 4.74 Å². The molecule has 0 aromatic rings. The Bertz CT molecular complexity index is 156. The normalized spacial score (nSPS) is 20.8. The van der Waals surface area contributed by atoms with E-state index in [0.29, 0.717) is 12.1 Å². The summed E-state index contributed by atoms with van der Waals surface area (Å²) in [6.45, 7) is 4.87. The number of nitrogens with two attached hydrogens (primary N) is 1. The van der Waals surface area contributed by atoms with Crippen LogP contribution >= 0.6 is 0 Å². The Morgan fingerprint density at radius 1 is 1.27 bits per heavy atom. The lowest BCUT2D eigenvalue weighted by Crippen LogP contribution is -2.40. The number of hydrogen-bond donors (Lipinski definition) is 2. The fourth-order valence-corrected chi connectivity index (χ4v) is 2.32. The van der Waals surface area contributed by atoms with Gasteiger partial charge in [-0.1, -0.05) is 32.1 Å². The number of rotatable bonds is 6. The Morgan fingerprint density at radius 2 is 1.93 bits per heavy atom. The molecule has 0 aromatic carbocycles. The van der Waals surface area contributed by atoms with Gasteiger partial charge in [-0.3, -0.25) is 11.3 Å². The van der Waals surface area contributed by atoms with Gasteiger partial charge in [0, 0.05) is 6.04 Å². The van der Waals surface area contributed by atoms with Crippen molar-refractivity contribution in [2.75, 3.05) is 6.61 Å². The van der Waals surface area contributed by atoms with E-state index in [1.165, 1.54) is 38.5 Å². The molecule has 0 aliphatic heterocycles. The van der Waals surface area contributed by atoms with Crippen molar-refractivity contribution < 1.29 is 4.74 Å². The highest BCUT2D eigenvalue weighted by Gasteiger charge is 2.18. The molecule has 15 heavy (non-hydrogen) atoms. The minimum absolute atomic E-state index is 0.298. The van der Waals surface area contributed by atoms with E-state index in [2.05, 4.69) is 19.3 Å². The number of ether oxygens (including phenoxy) is 1. The zero-order chi connectivity index (χ0) is 11.1. The molecule has 0 spiro atoms. The maximum Gasteiger partial charge on any atom is 0.0636 e. The highest BCUT2D eigenvalue weighted by atomic mass is 16.5. The largest absolute Gasteiger partial charge is 0.377 e. The van der Waals surface area contributed by atoms with Crippen molar-refractivity contribution in [1.29, 1.82) is 0 Å². The summed E-state index contributed by atoms with van der Waals surface area (Å²) in [6, 6.07) is 0.329. The quantitative estimate of drug-likeness (QED) is 0.526. The van der Waals surface area contributed by atoms with Gasteiger partial charge in [0.05, 0.1) is 12.7 Å². The van der Waals surface area contributed by atoms with Crippen molar-refractivity contribution in [1.82, 2.24) is 5.43 Å². The minimum atomic E-state index is 0.298. The van der Waals surface area contributed by atoms with Gasteiger partial charge in [-0.2, -0.15) is 0 Å². The Labute approximate surface area is 93.7 Å². The van der Waals surface area contributed by atoms with E-state index in [9.17, 15) is 0 Å². The molecule has 3 N–H and O–H groups in total. The molecule has 1 rings (SSSR count). The first-order valence-corrected chi connectivity index (χ1v) is 6.30. The summed E-state index contributed by atoms with van der Waals surface area (Å²) >= 11 is 0. The molecule has 0 radical (unpaired) electrons. The lowest BCUT2D eigenvalue weighted by atomic mass is 9.85. The highest BCUT2D eigenvalue weighted by molar-refractivity contribution is 4.73. The van der Waals surface area contributed by atoms with Crippen LogP contribution in [0.5, 0.6) is 0 Å². The van der Waals surface area contributed by atoms with E-state index < -0.39 is 0 Å². The topological polar surface area (TPSA) is 47.3 Å². The molecular weight excluding hydrogens is 188 g/mol. The van der Waals surface area contributed by atoms with Gasteiger partial charge in [0.2, 0.25) is 0 Å². The van der Waals surface area contributed by atoms with Gasteiger partial charge >= 0.3 is 0 Å². The molecule has 1 unspecified atom stereocenters. The van der Waals surface area contributed by atoms with Gasteiger partial charge < -0.3 is 4.74 Å². The first-order chi connectivity index (χ1) is 7.22. The van der Waals surface area contributed by atoms with Crippen LogP contribution in [0.1, 0.15) is 52.4 Å². The average molecular weight is 214 g/mol. The third kappa shape index (κ3) is 5.50. The third-order valence-electron chi connectivity index (χ3n) is 3.21. The van der Waals surface area contributed by atoms with Gasteiger partial charge in [-0.25, -0.2) is 0 Å². The molecular formula is C12H26N2O. The van der Waals surface area contributed by atoms with E-state index >= 15 is 0 Å². The van der Waals surface area contributed by atoms with Crippen molar-refractivity contribution >= 4 is 0 Å². The van der Waals surface area contributed by atoms with Gasteiger partial charge in [-0.05, 0) is 26.2 Å². The second-order valence-electron chi connectivity index (χ2n) is 4.99. The number of hydrogen-bond acceptors (Lipinski definition) is 3. The third-order valence-corrected chi connectivity index (χ3v) is 3.21. The van der Waals surface area contributed by atoms with E-state index in [0.717, 1.165) is 12.5 Å². The number of hydrazine groups is 1. The molecule has 0 bridgehead atoms. The molecule has 3 nitrogen and oxygen atoms in total. The molecule has 0 saturated heterocycles. The first kappa shape index (κ1) is 12.9. The van der Waals surface area contributed by atoms with Crippen LogP contribution in [0.4, 0.5) is 0 Å². The Kier molecular flexibility index (Phi) is 6.22. The molecule has 1 atom stereocenters. The predicted octanol–water partition coefficient (Wildman–Crippen LogP) is 2.21. The van der Waals surface area contributed by atoms with Gasteiger partial charge in [0.15, 0.2) is 0 Å². The van der Waals surface area contributed by atoms with Crippen LogP contribution < -0.4 is 11.3 Å². The molecule has 90 valence electrons. The zero-order valence-electron chi connectivity index (χ0n) is 10.2. The van der Waals surface area contributed by atoms with Gasteiger partial charge in [0.25, 0.3) is 0 Å². The van der Waals surface area contributed by atoms with Crippen molar-refractivity contribution in [3.63, 3.8) is 0 Å². The fourth-order valence-electron chi connectivity index (χ4n) is 2.32. The molecule has 0 amide bonds. The van der Waals surface area contributed by atoms with Crippen molar-refractivity contribution in [3.05, 3.63) is 0 Å². The molecule has 1 aliphatic rings. The SMILES string of the molecule is CC(C)OCC(CC1CCCCC1)NN. The summed E-state index contributed by atoms with van der Waals surface area (Å²) in [5.41, 5.74) is 2.88. The first-order valence-electron chi connectivity index (χ1n) is 6.30. The monoisotopic (exact) mass is 214 g/mol. The summed E-state index contributed by atoms with van der Waals surface area (Å²) < 4.78 is 5.59. The molecule has 0 aromatic heterocycles. The maximum absolute atomic E-state index is 5.59. The zero-order valence-corrected chi connectivity index (χ0v) is 10.2. The van der Waals surface area contributed by atoms with Crippen LogP contribution in [0, 0.1) is 5.92 Å². The number of nitrogens with one attached hydrogen (secondary N) is 1. The Morgan fingerprint density at radius 3 is 2.47 bits per heavy atom. The van der Waals surface area contributed by atoms with Crippen LogP contribution in [0.15, 0.2) is 0 Å². The van der Waals surface area contributed by atoms with Crippen LogP contribution in [-0.4, -0.2) is 18.8 Å². The smallest absolute Gasteiger partial charge is 0.0636 e. The molecule has 1 saturated carbocycles. The Balaban J connectivity index is 2.19. The van der Waals surface area contributed by atoms with E-state index in [1.807, 2.05) is 0 Å². The summed E-state index contributed by atoms with van der Waals surface area (Å²) in [5, 5.41) is 0. The second kappa shape index (κ2) is 7.20. The van der Waals surface area contributed by atoms with Crippen LogP contribution in [0.3, 0.4) is 0 Å². The van der Waals surface area contributed by atoms with Gasteiger partial charge in [-0.15, -0.1) is 0 Å². The molecule has 0 heterocycles. The van der Waals surface area contributed by atoms with Gasteiger partial charge in [0.1, 0.15) is 0 Å². The minimum Gasteiger partial charge on any atom is -0.377 e. The second-order valence-corrected chi connectivity index (χ2v) is 4.99. The predicted molar refractivity (Wildman–Crippen MR) is 63.4 cm³/mol.